The third-order valence-corrected chi connectivity index (χ3v) is 16.1. The number of nitrogens with zero attached hydrogens (tertiary/aromatic N) is 6. The van der Waals surface area contributed by atoms with E-state index in [9.17, 15) is 27.2 Å². The molecule has 0 radical (unpaired) electrons. The molecule has 0 bridgehead atoms. The van der Waals surface area contributed by atoms with E-state index in [0.29, 0.717) is 46.6 Å². The molecule has 10 aromatic rings. The summed E-state index contributed by atoms with van der Waals surface area (Å²) >= 11 is 11.2. The number of carboxylic acid groups (broad SMARTS) is 1. The Morgan fingerprint density at radius 1 is 0.539 bits per heavy atom. The van der Waals surface area contributed by atoms with Crippen molar-refractivity contribution < 1.29 is 41.1 Å². The van der Waals surface area contributed by atoms with Crippen LogP contribution in [0.3, 0.4) is 0 Å². The molecule has 452 valence electrons. The number of carbonyl (C=O) groups excluding carboxylic acids is 1. The van der Waals surface area contributed by atoms with E-state index in [2.05, 4.69) is 44.2 Å². The van der Waals surface area contributed by atoms with Gasteiger partial charge in [-0.3, -0.25) is 14.8 Å². The molecule has 6 aromatic heterocycles. The number of nitrogen functional groups attached to an aromatic ring is 2. The Hall–Kier alpha value is -9.76. The number of halogens is 4. The number of nitrogens with two attached hydrogens (primary N) is 3. The lowest BCUT2D eigenvalue weighted by atomic mass is 9.96. The fraction of sp³-hybridized carbons (Fsp3) is 0.188. The van der Waals surface area contributed by atoms with E-state index in [0.717, 1.165) is 101 Å². The first-order chi connectivity index (χ1) is 42.9. The number of thiocarbonyl (C=S) groups is 2. The molecule has 0 unspecified atom stereocenters. The van der Waals surface area contributed by atoms with E-state index in [1.807, 2.05) is 101 Å². The minimum Gasteiger partial charge on any atom is -0.478 e. The first kappa shape index (κ1) is 62.3. The van der Waals surface area contributed by atoms with Crippen molar-refractivity contribution in [1.82, 2.24) is 29.7 Å². The van der Waals surface area contributed by atoms with Crippen molar-refractivity contribution in [1.29, 1.82) is 0 Å². The minimum absolute atomic E-state index is 0.0198. The molecular weight excluding hydrogens is 1170 g/mol. The molecule has 0 aliphatic carbocycles. The molecule has 89 heavy (non-hydrogen) atoms. The van der Waals surface area contributed by atoms with Gasteiger partial charge >= 0.3 is 5.97 Å². The second-order valence-electron chi connectivity index (χ2n) is 21.4. The standard InChI is InChI=1S/C35H30F2N4O2S.C26H23F2N3OS.C8H8N2O2/c36-35(37)13-17-41(18-14-35)34(44)26-5-3-24(4-6-26)27-19-28-20-30(43-33(28)31(21-27)25-11-15-39-16-12-25)9-8-29(42)7-1-23-2-10-32(38)40-22-23;27-26(28)7-11-31(12-8-26)25(33)19-3-1-17(2-4-19)20-13-21-14-22(16-29)32-24(21)23(15-20)18-5-9-30-10-6-18;9-7-3-1-6(5-10-7)2-4-8(11)12/h1-7,10-12,15-16,19-22H,8-9,13-14,17-18H2,(H2,38,40);1-6,9-10,13-15H,7-8,11-12,16,29H2;1-5H,(H2,9,10)(H,11,12)/b7-1+;;4-2+. The molecule has 0 amide bonds. The van der Waals surface area contributed by atoms with Gasteiger partial charge in [0.25, 0.3) is 11.8 Å². The summed E-state index contributed by atoms with van der Waals surface area (Å²) in [5, 5.41) is 10.2. The van der Waals surface area contributed by atoms with E-state index >= 15 is 0 Å². The van der Waals surface area contributed by atoms with E-state index in [1.165, 1.54) is 12.3 Å². The van der Waals surface area contributed by atoms with Gasteiger partial charge in [-0.25, -0.2) is 32.3 Å². The molecule has 2 fully saturated rings. The van der Waals surface area contributed by atoms with Crippen LogP contribution in [0.25, 0.3) is 78.6 Å². The molecular formula is C69H61F4N9O5S2. The summed E-state index contributed by atoms with van der Waals surface area (Å²) in [5.74, 6) is -3.91. The summed E-state index contributed by atoms with van der Waals surface area (Å²) in [4.78, 5) is 43.7. The summed E-state index contributed by atoms with van der Waals surface area (Å²) < 4.78 is 66.5. The Bertz CT molecular complexity index is 4180. The third kappa shape index (κ3) is 16.3. The largest absolute Gasteiger partial charge is 0.478 e. The van der Waals surface area contributed by atoms with Crippen molar-refractivity contribution in [3.05, 3.63) is 217 Å². The average Bonchev–Trinajstić information content (AvgIpc) is 1.99. The number of pyridine rings is 4. The van der Waals surface area contributed by atoms with Gasteiger partial charge in [0.15, 0.2) is 5.78 Å². The van der Waals surface area contributed by atoms with Crippen LogP contribution >= 0.6 is 24.4 Å². The zero-order valence-electron chi connectivity index (χ0n) is 48.1. The molecule has 2 aliphatic rings. The number of aromatic nitrogens is 4. The fourth-order valence-electron chi connectivity index (χ4n) is 10.2. The zero-order valence-corrected chi connectivity index (χ0v) is 49.7. The zero-order chi connectivity index (χ0) is 62.7. The molecule has 2 saturated heterocycles. The second kappa shape index (κ2) is 27.9. The number of carbonyl (C=O) groups is 2. The third-order valence-electron chi connectivity index (χ3n) is 15.1. The lowest BCUT2D eigenvalue weighted by molar-refractivity contribution is -0.131. The Morgan fingerprint density at radius 3 is 1.36 bits per heavy atom. The van der Waals surface area contributed by atoms with Gasteiger partial charge in [0.1, 0.15) is 44.3 Å². The number of allylic oxidation sites excluding steroid dienone is 1. The lowest BCUT2D eigenvalue weighted by Gasteiger charge is -2.33. The van der Waals surface area contributed by atoms with Crippen LogP contribution in [0, 0.1) is 0 Å². The van der Waals surface area contributed by atoms with Gasteiger partial charge in [0.05, 0.1) is 6.54 Å². The number of likely N-dealkylation sites (tertiary alicyclic amines) is 2. The van der Waals surface area contributed by atoms with Gasteiger partial charge in [0, 0.05) is 141 Å². The summed E-state index contributed by atoms with van der Waals surface area (Å²) in [6, 6.07) is 42.7. The number of carboxylic acids is 1. The Kier molecular flexibility index (Phi) is 19.6. The van der Waals surface area contributed by atoms with Gasteiger partial charge in [0.2, 0.25) is 0 Å². The SMILES string of the molecule is NCc1cc2cc(-c3ccc(C(=S)N4CCC(F)(F)CC4)cc3)cc(-c3ccncc3)c2o1.Nc1ccc(/C=C/C(=O)CCc2cc3cc(-c4ccc(C(=S)N5CCC(F)(F)CC5)cc4)cc(-c4ccncc4)c3o2)cn1.Nc1ccc(/C=C/C(=O)O)cn1. The molecule has 8 heterocycles. The van der Waals surface area contributed by atoms with E-state index in [1.54, 1.807) is 61.3 Å². The van der Waals surface area contributed by atoms with Crippen molar-refractivity contribution in [3.8, 4) is 44.5 Å². The van der Waals surface area contributed by atoms with Crippen LogP contribution in [-0.4, -0.2) is 94.6 Å². The maximum Gasteiger partial charge on any atom is 0.328 e. The van der Waals surface area contributed by atoms with Crippen LogP contribution in [0.2, 0.25) is 0 Å². The number of hydrogen-bond acceptors (Lipinski definition) is 13. The number of piperidine rings is 2. The second-order valence-corrected chi connectivity index (χ2v) is 22.2. The normalized spacial score (nSPS) is 14.5. The topological polar surface area (TPSA) is 217 Å². The maximum atomic E-state index is 13.6. The molecule has 0 saturated carbocycles. The van der Waals surface area contributed by atoms with Crippen molar-refractivity contribution in [2.75, 3.05) is 37.6 Å². The van der Waals surface area contributed by atoms with E-state index in [-0.39, 0.29) is 57.6 Å². The van der Waals surface area contributed by atoms with Crippen LogP contribution < -0.4 is 17.2 Å². The van der Waals surface area contributed by atoms with Gasteiger partial charge in [-0.15, -0.1) is 0 Å². The number of aliphatic carboxylic acids is 1. The Labute approximate surface area is 521 Å². The highest BCUT2D eigenvalue weighted by Crippen LogP contribution is 2.39. The molecule has 12 rings (SSSR count). The number of anilines is 2. The van der Waals surface area contributed by atoms with Crippen molar-refractivity contribution in [2.24, 2.45) is 5.73 Å². The Balaban J connectivity index is 0.000000170. The van der Waals surface area contributed by atoms with Gasteiger partial charge < -0.3 is 40.9 Å². The number of aryl methyl sites for hydroxylation is 1. The van der Waals surface area contributed by atoms with E-state index < -0.39 is 17.8 Å². The van der Waals surface area contributed by atoms with E-state index in [4.69, 9.17) is 55.6 Å². The summed E-state index contributed by atoms with van der Waals surface area (Å²) in [6.45, 7) is 1.40. The van der Waals surface area contributed by atoms with Crippen LogP contribution in [-0.2, 0) is 22.6 Å². The van der Waals surface area contributed by atoms with Crippen LogP contribution in [0.15, 0.2) is 192 Å². The van der Waals surface area contributed by atoms with Crippen molar-refractivity contribution in [3.63, 3.8) is 0 Å². The predicted molar refractivity (Wildman–Crippen MR) is 349 cm³/mol. The number of benzene rings is 4. The predicted octanol–water partition coefficient (Wildman–Crippen LogP) is 14.5. The van der Waals surface area contributed by atoms with Crippen molar-refractivity contribution >= 4 is 91.9 Å². The number of rotatable bonds is 14. The van der Waals surface area contributed by atoms with Crippen LogP contribution in [0.5, 0.6) is 0 Å². The summed E-state index contributed by atoms with van der Waals surface area (Å²) in [6.07, 6.45) is 16.0. The lowest BCUT2D eigenvalue weighted by Crippen LogP contribution is -2.42. The molecule has 7 N–H and O–H groups in total. The molecule has 14 nitrogen and oxygen atoms in total. The highest BCUT2D eigenvalue weighted by atomic mass is 32.1. The minimum atomic E-state index is -2.61. The fourth-order valence-corrected chi connectivity index (χ4v) is 10.9. The molecule has 0 spiro atoms. The number of ketones is 1. The van der Waals surface area contributed by atoms with Gasteiger partial charge in [-0.1, -0.05) is 73.0 Å². The molecule has 2 aliphatic heterocycles. The van der Waals surface area contributed by atoms with Gasteiger partial charge in [-0.2, -0.15) is 0 Å². The smallest absolute Gasteiger partial charge is 0.328 e. The maximum absolute atomic E-state index is 13.6. The van der Waals surface area contributed by atoms with Crippen LogP contribution in [0.1, 0.15) is 65.9 Å². The molecule has 0 atom stereocenters. The summed E-state index contributed by atoms with van der Waals surface area (Å²) in [7, 11) is 0. The van der Waals surface area contributed by atoms with Crippen LogP contribution in [0.4, 0.5) is 29.2 Å². The first-order valence-electron chi connectivity index (χ1n) is 28.6. The number of furan rings is 2. The number of fused-ring (bicyclic) bond motifs is 2. The van der Waals surface area contributed by atoms with Gasteiger partial charge in [-0.05, 0) is 148 Å². The summed E-state index contributed by atoms with van der Waals surface area (Å²) in [5.41, 5.74) is 29.4. The highest BCUT2D eigenvalue weighted by Gasteiger charge is 2.36. The van der Waals surface area contributed by atoms with Crippen molar-refractivity contribution in [2.45, 2.75) is 56.9 Å². The number of hydrogen-bond donors (Lipinski definition) is 4. The molecule has 20 heteroatoms. The molecule has 4 aromatic carbocycles. The Morgan fingerprint density at radius 2 is 0.955 bits per heavy atom. The quantitative estimate of drug-likeness (QED) is 0.0452. The highest BCUT2D eigenvalue weighted by molar-refractivity contribution is 7.81. The average molecular weight is 1240 g/mol. The monoisotopic (exact) mass is 1240 g/mol. The first-order valence-corrected chi connectivity index (χ1v) is 29.4. The number of alkyl halides is 4.